The Bertz CT molecular complexity index is 1100. The summed E-state index contributed by atoms with van der Waals surface area (Å²) < 4.78 is 34.8. The molecule has 0 bridgehead atoms. The average molecular weight is 474 g/mol. The molecule has 1 aromatic heterocycles. The molecule has 1 aliphatic carbocycles. The molecule has 1 atom stereocenters. The summed E-state index contributed by atoms with van der Waals surface area (Å²) in [6, 6.07) is 11.5. The maximum absolute atomic E-state index is 13.5. The summed E-state index contributed by atoms with van der Waals surface area (Å²) in [5, 5.41) is 4.43. The van der Waals surface area contributed by atoms with Gasteiger partial charge in [-0.05, 0) is 67.6 Å². The molecule has 0 amide bonds. The quantitative estimate of drug-likeness (QED) is 0.398. The van der Waals surface area contributed by atoms with Crippen LogP contribution in [0.5, 0.6) is 5.75 Å². The van der Waals surface area contributed by atoms with Gasteiger partial charge in [-0.3, -0.25) is 0 Å². The van der Waals surface area contributed by atoms with E-state index in [1.54, 1.807) is 30.6 Å². The van der Waals surface area contributed by atoms with E-state index in [1.165, 1.54) is 44.2 Å². The zero-order valence-electron chi connectivity index (χ0n) is 18.3. The molecule has 0 aliphatic heterocycles. The van der Waals surface area contributed by atoms with Crippen molar-refractivity contribution in [2.45, 2.75) is 43.9 Å². The lowest BCUT2D eigenvalue weighted by atomic mass is 9.89. The number of ether oxygens (including phenoxy) is 1. The minimum atomic E-state index is -1.62. The van der Waals surface area contributed by atoms with Crippen molar-refractivity contribution in [2.24, 2.45) is 5.92 Å². The van der Waals surface area contributed by atoms with E-state index in [-0.39, 0.29) is 5.82 Å². The Morgan fingerprint density at radius 2 is 2.00 bits per heavy atom. The number of hydrogen-bond donors (Lipinski definition) is 2. The number of nitrogens with zero attached hydrogens (tertiary/aromatic N) is 1. The van der Waals surface area contributed by atoms with Crippen molar-refractivity contribution in [1.82, 2.24) is 4.98 Å². The van der Waals surface area contributed by atoms with Crippen molar-refractivity contribution in [2.75, 3.05) is 23.7 Å². The van der Waals surface area contributed by atoms with Gasteiger partial charge in [0.25, 0.3) is 0 Å². The Hall–Kier alpha value is -2.45. The average Bonchev–Trinajstić information content (AvgIpc) is 3.18. The van der Waals surface area contributed by atoms with E-state index in [2.05, 4.69) is 10.0 Å². The molecule has 0 spiro atoms. The number of nitrogens with one attached hydrogen (secondary N) is 2. The minimum absolute atomic E-state index is 0.388. The van der Waals surface area contributed by atoms with Crippen LogP contribution in [0, 0.1) is 18.7 Å². The third kappa shape index (κ3) is 5.48. The van der Waals surface area contributed by atoms with Gasteiger partial charge in [0.05, 0.1) is 17.7 Å². The van der Waals surface area contributed by atoms with Gasteiger partial charge in [-0.15, -0.1) is 0 Å². The first-order valence-electron chi connectivity index (χ1n) is 10.9. The summed E-state index contributed by atoms with van der Waals surface area (Å²) in [7, 11) is -0.0731. The van der Waals surface area contributed by atoms with Crippen molar-refractivity contribution in [3.8, 4) is 16.2 Å². The summed E-state index contributed by atoms with van der Waals surface area (Å²) >= 11 is 1.61. The number of aromatic nitrogens is 1. The van der Waals surface area contributed by atoms with E-state index in [9.17, 15) is 8.60 Å². The SMILES string of the molecule is COc1ccc(-c2sc(NCC3CCCCC3)nc2C)cc1S(=O)Nc1cccc(F)c1. The molecule has 2 N–H and O–H groups in total. The Morgan fingerprint density at radius 1 is 1.19 bits per heavy atom. The van der Waals surface area contributed by atoms with Crippen LogP contribution in [0.4, 0.5) is 15.2 Å². The fraction of sp³-hybridized carbons (Fsp3) is 0.375. The van der Waals surface area contributed by atoms with Crippen LogP contribution in [0.3, 0.4) is 0 Å². The molecule has 3 aromatic rings. The first-order chi connectivity index (χ1) is 15.5. The number of halogens is 1. The molecule has 1 unspecified atom stereocenters. The summed E-state index contributed by atoms with van der Waals surface area (Å²) in [6.07, 6.45) is 6.58. The first kappa shape index (κ1) is 22.7. The van der Waals surface area contributed by atoms with Crippen LogP contribution >= 0.6 is 11.3 Å². The first-order valence-corrected chi connectivity index (χ1v) is 12.8. The van der Waals surface area contributed by atoms with Crippen LogP contribution in [-0.2, 0) is 11.0 Å². The lowest BCUT2D eigenvalue weighted by molar-refractivity contribution is 0.373. The highest BCUT2D eigenvalue weighted by atomic mass is 32.2. The predicted octanol–water partition coefficient (Wildman–Crippen LogP) is 6.39. The van der Waals surface area contributed by atoms with Crippen LogP contribution in [0.25, 0.3) is 10.4 Å². The standard InChI is InChI=1S/C24H28FN3O2S2/c1-16-23(31-24(27-16)26-15-17-7-4-3-5-8-17)18-11-12-21(30-2)22(13-18)32(29)28-20-10-6-9-19(25)14-20/h6,9-14,17,28H,3-5,7-8,15H2,1-2H3,(H,26,27). The number of anilines is 2. The van der Waals surface area contributed by atoms with Gasteiger partial charge in [0.15, 0.2) is 16.1 Å². The van der Waals surface area contributed by atoms with Gasteiger partial charge in [-0.1, -0.05) is 36.7 Å². The summed E-state index contributed by atoms with van der Waals surface area (Å²) in [4.78, 5) is 6.24. The van der Waals surface area contributed by atoms with E-state index >= 15 is 0 Å². The molecular weight excluding hydrogens is 445 g/mol. The molecule has 32 heavy (non-hydrogen) atoms. The normalized spacial score (nSPS) is 15.3. The minimum Gasteiger partial charge on any atom is -0.495 e. The number of aryl methyl sites for hydroxylation is 1. The van der Waals surface area contributed by atoms with Gasteiger partial charge in [0.2, 0.25) is 0 Å². The van der Waals surface area contributed by atoms with Gasteiger partial charge in [-0.25, -0.2) is 13.6 Å². The monoisotopic (exact) mass is 473 g/mol. The number of thiazole rings is 1. The largest absolute Gasteiger partial charge is 0.495 e. The van der Waals surface area contributed by atoms with Gasteiger partial charge < -0.3 is 14.8 Å². The molecule has 170 valence electrons. The molecule has 4 rings (SSSR count). The molecule has 1 heterocycles. The van der Waals surface area contributed by atoms with Crippen molar-refractivity contribution >= 4 is 33.1 Å². The maximum Gasteiger partial charge on any atom is 0.183 e. The highest BCUT2D eigenvalue weighted by Crippen LogP contribution is 2.36. The lowest BCUT2D eigenvalue weighted by Crippen LogP contribution is -2.16. The second-order valence-electron chi connectivity index (χ2n) is 8.07. The molecule has 1 aliphatic rings. The molecule has 1 saturated carbocycles. The fourth-order valence-corrected chi connectivity index (χ4v) is 6.03. The second kappa shape index (κ2) is 10.4. The molecule has 1 fully saturated rings. The maximum atomic E-state index is 13.5. The smallest absolute Gasteiger partial charge is 0.183 e. The fourth-order valence-electron chi connectivity index (χ4n) is 4.04. The molecule has 8 heteroatoms. The Labute approximate surface area is 195 Å². The van der Waals surface area contributed by atoms with Gasteiger partial charge in [-0.2, -0.15) is 0 Å². The van der Waals surface area contributed by atoms with E-state index in [0.29, 0.717) is 16.3 Å². The van der Waals surface area contributed by atoms with E-state index in [4.69, 9.17) is 9.72 Å². The summed E-state index contributed by atoms with van der Waals surface area (Å²) in [5.74, 6) is 0.843. The number of rotatable bonds is 8. The zero-order valence-corrected chi connectivity index (χ0v) is 20.0. The Morgan fingerprint density at radius 3 is 2.75 bits per heavy atom. The van der Waals surface area contributed by atoms with Crippen LogP contribution in [0.15, 0.2) is 47.4 Å². The highest BCUT2D eigenvalue weighted by molar-refractivity contribution is 7.86. The molecule has 0 radical (unpaired) electrons. The van der Waals surface area contributed by atoms with Crippen LogP contribution in [-0.4, -0.2) is 22.8 Å². The van der Waals surface area contributed by atoms with Crippen molar-refractivity contribution < 1.29 is 13.3 Å². The molecule has 5 nitrogen and oxygen atoms in total. The molecule has 2 aromatic carbocycles. The van der Waals surface area contributed by atoms with Crippen LogP contribution in [0.2, 0.25) is 0 Å². The predicted molar refractivity (Wildman–Crippen MR) is 130 cm³/mol. The Balaban J connectivity index is 1.53. The number of benzene rings is 2. The van der Waals surface area contributed by atoms with Crippen molar-refractivity contribution in [3.05, 3.63) is 54.0 Å². The molecule has 0 saturated heterocycles. The topological polar surface area (TPSA) is 63.2 Å². The van der Waals surface area contributed by atoms with Crippen molar-refractivity contribution in [3.63, 3.8) is 0 Å². The number of hydrogen-bond acceptors (Lipinski definition) is 5. The van der Waals surface area contributed by atoms with Crippen molar-refractivity contribution in [1.29, 1.82) is 0 Å². The second-order valence-corrected chi connectivity index (χ2v) is 10.2. The Kier molecular flexibility index (Phi) is 7.42. The summed E-state index contributed by atoms with van der Waals surface area (Å²) in [5.41, 5.74) is 2.30. The summed E-state index contributed by atoms with van der Waals surface area (Å²) in [6.45, 7) is 2.95. The third-order valence-electron chi connectivity index (χ3n) is 5.72. The van der Waals surface area contributed by atoms with E-state index in [1.807, 2.05) is 25.1 Å². The van der Waals surface area contributed by atoms with Gasteiger partial charge >= 0.3 is 0 Å². The third-order valence-corrected chi connectivity index (χ3v) is 8.03. The van der Waals surface area contributed by atoms with Gasteiger partial charge in [0.1, 0.15) is 16.5 Å². The van der Waals surface area contributed by atoms with Crippen LogP contribution < -0.4 is 14.8 Å². The van der Waals surface area contributed by atoms with Gasteiger partial charge in [0, 0.05) is 12.2 Å². The number of methoxy groups -OCH3 is 1. The zero-order chi connectivity index (χ0) is 22.5. The highest BCUT2D eigenvalue weighted by Gasteiger charge is 2.18. The van der Waals surface area contributed by atoms with Crippen LogP contribution in [0.1, 0.15) is 37.8 Å². The molecular formula is C24H28FN3O2S2. The van der Waals surface area contributed by atoms with E-state index in [0.717, 1.165) is 33.7 Å². The lowest BCUT2D eigenvalue weighted by Gasteiger charge is -2.21. The van der Waals surface area contributed by atoms with E-state index < -0.39 is 11.0 Å².